The molecule has 2 aromatic rings. The average Bonchev–Trinajstić information content (AvgIpc) is 3.38. The highest BCUT2D eigenvalue weighted by Crippen LogP contribution is 2.37. The summed E-state index contributed by atoms with van der Waals surface area (Å²) in [5.41, 5.74) is 1.52. The van der Waals surface area contributed by atoms with Crippen LogP contribution in [0.4, 0.5) is 0 Å². The van der Waals surface area contributed by atoms with E-state index in [1.165, 1.54) is 18.4 Å². The zero-order valence-corrected chi connectivity index (χ0v) is 21.2. The lowest BCUT2D eigenvalue weighted by Crippen LogP contribution is -2.49. The van der Waals surface area contributed by atoms with Gasteiger partial charge in [-0.15, -0.1) is 11.3 Å². The fourth-order valence-electron chi connectivity index (χ4n) is 4.12. The number of morpholine rings is 1. The Morgan fingerprint density at radius 2 is 2.20 bits per heavy atom. The van der Waals surface area contributed by atoms with Crippen molar-refractivity contribution in [3.05, 3.63) is 61.7 Å². The quantitative estimate of drug-likeness (QED) is 0.490. The molecule has 2 N–H and O–H groups in total. The minimum absolute atomic E-state index is 0.0235. The van der Waals surface area contributed by atoms with E-state index >= 15 is 0 Å². The molecule has 3 heterocycles. The van der Waals surface area contributed by atoms with Gasteiger partial charge in [0.1, 0.15) is 6.04 Å². The van der Waals surface area contributed by atoms with Crippen molar-refractivity contribution in [2.24, 2.45) is 4.99 Å². The maximum Gasteiger partial charge on any atom is 0.338 e. The molecular formula is C23H24Cl2N4O5S. The van der Waals surface area contributed by atoms with Crippen LogP contribution in [0, 0.1) is 0 Å². The van der Waals surface area contributed by atoms with Gasteiger partial charge in [-0.25, -0.2) is 9.78 Å². The third-order valence-electron chi connectivity index (χ3n) is 5.83. The second-order valence-electron chi connectivity index (χ2n) is 8.02. The number of nitrogens with zero attached hydrogens (tertiary/aromatic N) is 3. The molecule has 1 saturated heterocycles. The lowest BCUT2D eigenvalue weighted by molar-refractivity contribution is -0.138. The molecule has 0 spiro atoms. The minimum atomic E-state index is -0.864. The van der Waals surface area contributed by atoms with Crippen molar-refractivity contribution in [3.8, 4) is 0 Å². The van der Waals surface area contributed by atoms with Gasteiger partial charge in [0.15, 0.2) is 10.8 Å². The van der Waals surface area contributed by atoms with Crippen LogP contribution in [0.3, 0.4) is 0 Å². The summed E-state index contributed by atoms with van der Waals surface area (Å²) >= 11 is 14.1. The number of carbonyl (C=O) groups is 2. The van der Waals surface area contributed by atoms with E-state index in [0.717, 1.165) is 0 Å². The molecule has 2 aliphatic rings. The molecule has 2 atom stereocenters. The third kappa shape index (κ3) is 6.02. The molecule has 0 radical (unpaired) electrons. The number of amidine groups is 1. The highest BCUT2D eigenvalue weighted by molar-refractivity contribution is 7.11. The molecule has 9 nitrogen and oxygen atoms in total. The van der Waals surface area contributed by atoms with Crippen molar-refractivity contribution >= 4 is 52.3 Å². The molecular weight excluding hydrogens is 515 g/mol. The lowest BCUT2D eigenvalue weighted by atomic mass is 9.95. The molecule has 0 unspecified atom stereocenters. The summed E-state index contributed by atoms with van der Waals surface area (Å²) in [6, 6.07) is 4.18. The van der Waals surface area contributed by atoms with E-state index in [1.807, 2.05) is 5.38 Å². The van der Waals surface area contributed by atoms with Gasteiger partial charge >= 0.3 is 11.9 Å². The van der Waals surface area contributed by atoms with Crippen LogP contribution in [0.1, 0.15) is 29.5 Å². The number of nitrogens with one attached hydrogen (secondary N) is 1. The number of methoxy groups -OCH3 is 1. The van der Waals surface area contributed by atoms with E-state index in [2.05, 4.69) is 15.2 Å². The van der Waals surface area contributed by atoms with Crippen LogP contribution in [-0.2, 0) is 19.1 Å². The predicted molar refractivity (Wildman–Crippen MR) is 133 cm³/mol. The van der Waals surface area contributed by atoms with Gasteiger partial charge in [0.05, 0.1) is 25.9 Å². The molecule has 4 rings (SSSR count). The van der Waals surface area contributed by atoms with E-state index in [4.69, 9.17) is 42.8 Å². The summed E-state index contributed by atoms with van der Waals surface area (Å²) in [4.78, 5) is 35.5. The van der Waals surface area contributed by atoms with Crippen LogP contribution in [0.5, 0.6) is 0 Å². The highest BCUT2D eigenvalue weighted by Gasteiger charge is 2.35. The fraction of sp³-hybridized carbons (Fsp3) is 0.391. The van der Waals surface area contributed by atoms with Crippen LogP contribution in [0.25, 0.3) is 0 Å². The number of halogens is 2. The Hall–Kier alpha value is -2.50. The Morgan fingerprint density at radius 3 is 2.89 bits per heavy atom. The second-order valence-corrected chi connectivity index (χ2v) is 9.76. The molecule has 0 aliphatic carbocycles. The molecule has 1 aromatic carbocycles. The summed E-state index contributed by atoms with van der Waals surface area (Å²) in [5.74, 6) is -0.897. The van der Waals surface area contributed by atoms with Gasteiger partial charge in [-0.2, -0.15) is 0 Å². The van der Waals surface area contributed by atoms with Crippen molar-refractivity contribution in [1.82, 2.24) is 15.2 Å². The van der Waals surface area contributed by atoms with Gasteiger partial charge in [-0.3, -0.25) is 14.7 Å². The van der Waals surface area contributed by atoms with E-state index < -0.39 is 18.0 Å². The van der Waals surface area contributed by atoms with Crippen molar-refractivity contribution in [2.75, 3.05) is 33.4 Å². The van der Waals surface area contributed by atoms with Crippen molar-refractivity contribution in [2.45, 2.75) is 24.9 Å². The Balaban J connectivity index is 1.76. The van der Waals surface area contributed by atoms with Gasteiger partial charge < -0.3 is 19.9 Å². The summed E-state index contributed by atoms with van der Waals surface area (Å²) < 4.78 is 10.7. The van der Waals surface area contributed by atoms with E-state index in [1.54, 1.807) is 24.4 Å². The molecule has 2 aliphatic heterocycles. The first-order chi connectivity index (χ1) is 16.9. The number of esters is 1. The number of carbonyl (C=O) groups excluding carboxylic acids is 1. The first-order valence-corrected chi connectivity index (χ1v) is 12.6. The highest BCUT2D eigenvalue weighted by atomic mass is 35.5. The van der Waals surface area contributed by atoms with Crippen LogP contribution < -0.4 is 5.32 Å². The maximum atomic E-state index is 13.1. The van der Waals surface area contributed by atoms with Gasteiger partial charge in [-0.1, -0.05) is 29.3 Å². The average molecular weight is 539 g/mol. The van der Waals surface area contributed by atoms with Gasteiger partial charge in [0.25, 0.3) is 0 Å². The van der Waals surface area contributed by atoms with Crippen molar-refractivity contribution in [3.63, 3.8) is 0 Å². The largest absolute Gasteiger partial charge is 0.481 e. The molecule has 0 bridgehead atoms. The second kappa shape index (κ2) is 11.5. The summed E-state index contributed by atoms with van der Waals surface area (Å²) in [5, 5.41) is 15.8. The smallest absolute Gasteiger partial charge is 0.338 e. The first kappa shape index (κ1) is 25.6. The van der Waals surface area contributed by atoms with Gasteiger partial charge in [0.2, 0.25) is 0 Å². The Labute approximate surface area is 216 Å². The third-order valence-corrected chi connectivity index (χ3v) is 7.17. The number of carboxylic acids is 1. The molecule has 186 valence electrons. The molecule has 0 saturated carbocycles. The van der Waals surface area contributed by atoms with Crippen LogP contribution in [0.2, 0.25) is 10.0 Å². The Kier molecular flexibility index (Phi) is 8.40. The number of hydrogen-bond donors (Lipinski definition) is 2. The first-order valence-electron chi connectivity index (χ1n) is 10.9. The molecule has 35 heavy (non-hydrogen) atoms. The molecule has 1 fully saturated rings. The number of aliphatic imine (C=N–C) groups is 1. The van der Waals surface area contributed by atoms with Crippen LogP contribution >= 0.6 is 34.5 Å². The SMILES string of the molecule is COC(=O)C1=C(CN2CCOC[C@H]2CCC(=O)O)NC(c2nccs2)=N[C@H]1c1ccc(Cl)cc1Cl. The topological polar surface area (TPSA) is 113 Å². The number of hydrogen-bond acceptors (Lipinski definition) is 9. The van der Waals surface area contributed by atoms with Gasteiger partial charge in [0, 0.05) is 58.4 Å². The number of carboxylic acid groups (broad SMARTS) is 1. The number of aromatic nitrogens is 1. The lowest BCUT2D eigenvalue weighted by Gasteiger charge is -2.37. The predicted octanol–water partition coefficient (Wildman–Crippen LogP) is 3.53. The van der Waals surface area contributed by atoms with E-state index in [9.17, 15) is 9.59 Å². The molecule has 1 aromatic heterocycles. The van der Waals surface area contributed by atoms with Crippen molar-refractivity contribution < 1.29 is 24.2 Å². The Bertz CT molecular complexity index is 1150. The summed E-state index contributed by atoms with van der Waals surface area (Å²) in [6.07, 6.45) is 2.13. The number of benzene rings is 1. The van der Waals surface area contributed by atoms with E-state index in [0.29, 0.717) is 70.4 Å². The standard InChI is InChI=1S/C23H24Cl2N4O5S/c1-33-23(32)19-17(11-29-7-8-34-12-14(29)3-5-18(30)31)27-21(22-26-6-9-35-22)28-20(19)15-4-2-13(24)10-16(15)25/h2,4,6,9-10,14,20H,3,5,7-8,11-12H2,1H3,(H,27,28)(H,30,31)/t14-,20+/m1/s1. The maximum absolute atomic E-state index is 13.1. The zero-order chi connectivity index (χ0) is 24.9. The number of thiazole rings is 1. The monoisotopic (exact) mass is 538 g/mol. The van der Waals surface area contributed by atoms with Crippen LogP contribution in [0.15, 0.2) is 46.0 Å². The fourth-order valence-corrected chi connectivity index (χ4v) is 5.22. The normalized spacial score (nSPS) is 20.8. The zero-order valence-electron chi connectivity index (χ0n) is 18.9. The summed E-state index contributed by atoms with van der Waals surface area (Å²) in [7, 11) is 1.32. The van der Waals surface area contributed by atoms with Gasteiger partial charge in [-0.05, 0) is 18.6 Å². The number of ether oxygens (including phenoxy) is 2. The summed E-state index contributed by atoms with van der Waals surface area (Å²) in [6.45, 7) is 1.84. The molecule has 0 amide bonds. The number of rotatable bonds is 8. The Morgan fingerprint density at radius 1 is 1.37 bits per heavy atom. The molecule has 12 heteroatoms. The van der Waals surface area contributed by atoms with E-state index in [-0.39, 0.29) is 12.5 Å². The number of aliphatic carboxylic acids is 1. The van der Waals surface area contributed by atoms with Crippen LogP contribution in [-0.4, -0.2) is 72.2 Å². The minimum Gasteiger partial charge on any atom is -0.481 e. The van der Waals surface area contributed by atoms with Crippen molar-refractivity contribution in [1.29, 1.82) is 0 Å².